The summed E-state index contributed by atoms with van der Waals surface area (Å²) >= 11 is 7.21. The number of benzene rings is 11. The van der Waals surface area contributed by atoms with Gasteiger partial charge >= 0.3 is 0 Å². The zero-order chi connectivity index (χ0) is 53.9. The molecule has 382 valence electrons. The van der Waals surface area contributed by atoms with Crippen molar-refractivity contribution in [2.24, 2.45) is 0 Å². The quantitative estimate of drug-likeness (QED) is 0.107. The minimum absolute atomic E-state index is 0.914. The molecule has 0 heterocycles. The summed E-state index contributed by atoms with van der Waals surface area (Å²) in [5.41, 5.74) is 29.0. The molecule has 0 aromatic heterocycles. The first-order chi connectivity index (χ1) is 38.0. The largest absolute Gasteiger partial charge is 0.310 e. The van der Waals surface area contributed by atoms with Gasteiger partial charge in [-0.15, -0.1) is 0 Å². The van der Waals surface area contributed by atoms with Crippen LogP contribution in [0.25, 0.3) is 66.8 Å². The molecule has 0 spiro atoms. The highest BCUT2D eigenvalue weighted by Crippen LogP contribution is 2.43. The van der Waals surface area contributed by atoms with E-state index in [1.807, 2.05) is 0 Å². The third kappa shape index (κ3) is 11.1. The molecular formula is C74H62Br2N2. The van der Waals surface area contributed by atoms with Gasteiger partial charge in [-0.3, -0.25) is 0 Å². The van der Waals surface area contributed by atoms with Gasteiger partial charge in [0.25, 0.3) is 0 Å². The van der Waals surface area contributed by atoms with Crippen LogP contribution in [0.1, 0.15) is 47.2 Å². The molecule has 11 rings (SSSR count). The van der Waals surface area contributed by atoms with Crippen molar-refractivity contribution in [3.63, 3.8) is 0 Å². The summed E-state index contributed by atoms with van der Waals surface area (Å²) in [5, 5.41) is 0. The van der Waals surface area contributed by atoms with Crippen molar-refractivity contribution in [1.29, 1.82) is 0 Å². The van der Waals surface area contributed by atoms with E-state index in [-0.39, 0.29) is 0 Å². The smallest absolute Gasteiger partial charge is 0.0464 e. The van der Waals surface area contributed by atoms with Crippen LogP contribution in [0.2, 0.25) is 0 Å². The molecule has 0 N–H and O–H groups in total. The molecule has 0 aliphatic rings. The minimum atomic E-state index is 0.914. The molecule has 0 radical (unpaired) electrons. The summed E-state index contributed by atoms with van der Waals surface area (Å²) in [6, 6.07) is 89.4. The fourth-order valence-electron chi connectivity index (χ4n) is 10.8. The van der Waals surface area contributed by atoms with E-state index < -0.39 is 0 Å². The van der Waals surface area contributed by atoms with E-state index in [1.54, 1.807) is 0 Å². The van der Waals surface area contributed by atoms with E-state index in [0.29, 0.717) is 0 Å². The van der Waals surface area contributed by atoms with Crippen molar-refractivity contribution in [2.75, 3.05) is 9.80 Å². The number of halogens is 2. The molecule has 4 heteroatoms. The minimum Gasteiger partial charge on any atom is -0.310 e. The second kappa shape index (κ2) is 22.9. The average molecular weight is 1140 g/mol. The number of hydrogen-bond acceptors (Lipinski definition) is 2. The van der Waals surface area contributed by atoms with E-state index in [0.717, 1.165) is 55.9 Å². The fraction of sp³-hybridized carbons (Fsp3) is 0.108. The van der Waals surface area contributed by atoms with Gasteiger partial charge in [0.2, 0.25) is 0 Å². The fourth-order valence-corrected chi connectivity index (χ4v) is 11.4. The van der Waals surface area contributed by atoms with Crippen LogP contribution in [0.5, 0.6) is 0 Å². The molecular weight excluding hydrogens is 1080 g/mol. The predicted molar refractivity (Wildman–Crippen MR) is 342 cm³/mol. The summed E-state index contributed by atoms with van der Waals surface area (Å²) < 4.78 is 2.15. The van der Waals surface area contributed by atoms with Crippen molar-refractivity contribution in [3.05, 3.63) is 285 Å². The first kappa shape index (κ1) is 52.1. The molecule has 0 aliphatic heterocycles. The van der Waals surface area contributed by atoms with Gasteiger partial charge in [0.1, 0.15) is 0 Å². The van der Waals surface area contributed by atoms with Crippen molar-refractivity contribution < 1.29 is 0 Å². The molecule has 0 bridgehead atoms. The second-order valence-electron chi connectivity index (χ2n) is 20.5. The second-order valence-corrected chi connectivity index (χ2v) is 22.3. The van der Waals surface area contributed by atoms with E-state index in [1.165, 1.54) is 100 Å². The van der Waals surface area contributed by atoms with Crippen LogP contribution in [0.15, 0.2) is 252 Å². The lowest BCUT2D eigenvalue weighted by Gasteiger charge is -2.27. The zero-order valence-corrected chi connectivity index (χ0v) is 48.3. The van der Waals surface area contributed by atoms with Gasteiger partial charge in [0.15, 0.2) is 0 Å². The monoisotopic (exact) mass is 1140 g/mol. The van der Waals surface area contributed by atoms with E-state index in [2.05, 4.69) is 326 Å². The molecule has 0 atom stereocenters. The van der Waals surface area contributed by atoms with Gasteiger partial charge in [-0.2, -0.15) is 0 Å². The normalized spacial score (nSPS) is 11.2. The summed E-state index contributed by atoms with van der Waals surface area (Å²) in [6.45, 7) is 13.4. The lowest BCUT2D eigenvalue weighted by Crippen LogP contribution is -2.10. The number of hydrogen-bond donors (Lipinski definition) is 0. The molecule has 78 heavy (non-hydrogen) atoms. The molecule has 2 nitrogen and oxygen atoms in total. The first-order valence-electron chi connectivity index (χ1n) is 27.0. The van der Waals surface area contributed by atoms with Gasteiger partial charge < -0.3 is 9.80 Å². The van der Waals surface area contributed by atoms with Gasteiger partial charge in [-0.25, -0.2) is 0 Å². The van der Waals surface area contributed by atoms with Crippen LogP contribution in [0.3, 0.4) is 0 Å². The lowest BCUT2D eigenvalue weighted by atomic mass is 9.86. The van der Waals surface area contributed by atoms with Crippen LogP contribution < -0.4 is 9.80 Å². The van der Waals surface area contributed by atoms with Crippen LogP contribution >= 0.6 is 31.9 Å². The molecule has 0 saturated carbocycles. The molecule has 0 unspecified atom stereocenters. The lowest BCUT2D eigenvalue weighted by molar-refractivity contribution is 1.10. The summed E-state index contributed by atoms with van der Waals surface area (Å²) in [7, 11) is 0. The molecule has 11 aromatic rings. The highest BCUT2D eigenvalue weighted by Gasteiger charge is 2.20. The van der Waals surface area contributed by atoms with Crippen molar-refractivity contribution >= 4 is 66.0 Å². The SMILES string of the molecule is CCc1cc(-c2ccc(N(c3ccc(-c4ccc(C)cc4)cc3)c3ccc(-c4ccc(Br)cc4)cc3)cc2C)c(CC)cc1-c1ccc(N(c2ccc(-c3ccc(C)cc3)cc2)c2ccc(-c3ccc(Br)cc3)cc2)cc1C. The Kier molecular flexibility index (Phi) is 15.3. The Morgan fingerprint density at radius 2 is 0.487 bits per heavy atom. The van der Waals surface area contributed by atoms with E-state index in [9.17, 15) is 0 Å². The van der Waals surface area contributed by atoms with Crippen LogP contribution in [-0.4, -0.2) is 0 Å². The standard InChI is InChI=1S/C74H62Br2N2/c1-7-53-47-74(72-44-42-70(46-52(72)6)78(66-35-23-60(24-36-66)56-15-11-50(4)12-16-56)68-39-27-62(28-40-68)58-19-31-64(76)32-20-58)54(8-2)48-73(53)71-43-41-69(45-51(71)5)77(65-33-21-59(22-34-65)55-13-9-49(3)10-14-55)67-37-25-61(26-38-67)57-17-29-63(75)30-18-57/h9-48H,7-8H2,1-6H3. The van der Waals surface area contributed by atoms with Crippen LogP contribution in [0.4, 0.5) is 34.1 Å². The van der Waals surface area contributed by atoms with Crippen molar-refractivity contribution in [3.8, 4) is 66.8 Å². The number of anilines is 6. The maximum atomic E-state index is 3.60. The van der Waals surface area contributed by atoms with Gasteiger partial charge in [0.05, 0.1) is 0 Å². The van der Waals surface area contributed by atoms with Gasteiger partial charge in [0, 0.05) is 43.1 Å². The Balaban J connectivity index is 0.931. The maximum Gasteiger partial charge on any atom is 0.0464 e. The maximum absolute atomic E-state index is 3.60. The van der Waals surface area contributed by atoms with Crippen molar-refractivity contribution in [2.45, 2.75) is 54.4 Å². The predicted octanol–water partition coefficient (Wildman–Crippen LogP) is 22.5. The Bertz CT molecular complexity index is 3420. The Morgan fingerprint density at radius 3 is 0.731 bits per heavy atom. The third-order valence-electron chi connectivity index (χ3n) is 15.2. The third-order valence-corrected chi connectivity index (χ3v) is 16.3. The molecule has 11 aromatic carbocycles. The van der Waals surface area contributed by atoms with Crippen molar-refractivity contribution in [1.82, 2.24) is 0 Å². The van der Waals surface area contributed by atoms with E-state index >= 15 is 0 Å². The first-order valence-corrected chi connectivity index (χ1v) is 28.6. The van der Waals surface area contributed by atoms with Gasteiger partial charge in [-0.05, 0) is 227 Å². The molecule has 0 fully saturated rings. The number of aryl methyl sites for hydroxylation is 6. The Morgan fingerprint density at radius 1 is 0.256 bits per heavy atom. The number of rotatable bonds is 14. The summed E-state index contributed by atoms with van der Waals surface area (Å²) in [6.07, 6.45) is 1.83. The summed E-state index contributed by atoms with van der Waals surface area (Å²) in [5.74, 6) is 0. The highest BCUT2D eigenvalue weighted by atomic mass is 79.9. The molecule has 0 saturated heterocycles. The number of nitrogens with zero attached hydrogens (tertiary/aromatic N) is 2. The Hall–Kier alpha value is -8.02. The van der Waals surface area contributed by atoms with Crippen LogP contribution in [0, 0.1) is 27.7 Å². The topological polar surface area (TPSA) is 6.48 Å². The zero-order valence-electron chi connectivity index (χ0n) is 45.2. The average Bonchev–Trinajstić information content (AvgIpc) is 3.48. The molecule has 0 aliphatic carbocycles. The van der Waals surface area contributed by atoms with E-state index in [4.69, 9.17) is 0 Å². The summed E-state index contributed by atoms with van der Waals surface area (Å²) in [4.78, 5) is 4.77. The van der Waals surface area contributed by atoms with Crippen LogP contribution in [-0.2, 0) is 12.8 Å². The highest BCUT2D eigenvalue weighted by molar-refractivity contribution is 9.10. The Labute approximate surface area is 478 Å². The molecule has 0 amide bonds. The van der Waals surface area contributed by atoms with Gasteiger partial charge in [-0.1, -0.05) is 202 Å².